The molecule has 1 heterocycles. The lowest BCUT2D eigenvalue weighted by Crippen LogP contribution is -2.46. The topological polar surface area (TPSA) is 84.0 Å². The Kier molecular flexibility index (Phi) is 12.4. The normalized spacial score (nSPS) is 19.2. The van der Waals surface area contributed by atoms with E-state index in [4.69, 9.17) is 9.47 Å². The summed E-state index contributed by atoms with van der Waals surface area (Å²) in [6.07, 6.45) is 1.18. The summed E-state index contributed by atoms with van der Waals surface area (Å²) < 4.78 is 11.0. The summed E-state index contributed by atoms with van der Waals surface area (Å²) in [5.41, 5.74) is 0. The molecule has 1 saturated heterocycles. The molecule has 0 aromatic heterocycles. The molecule has 1 amide bonds. The molecule has 2 atom stereocenters. The molecule has 7 nitrogen and oxygen atoms in total. The van der Waals surface area contributed by atoms with Crippen LogP contribution in [-0.4, -0.2) is 64.0 Å². The van der Waals surface area contributed by atoms with Crippen LogP contribution in [0.4, 0.5) is 0 Å². The Balaban J connectivity index is 0.00000484. The number of ether oxygens (including phenoxy) is 2. The van der Waals surface area contributed by atoms with Gasteiger partial charge in [-0.3, -0.25) is 9.79 Å². The third kappa shape index (κ3) is 9.98. The number of nitrogens with zero attached hydrogens (tertiary/aromatic N) is 1. The number of hydrogen-bond donors (Lipinski definition) is 3. The maximum absolute atomic E-state index is 11.4. The Morgan fingerprint density at radius 2 is 2.00 bits per heavy atom. The van der Waals surface area contributed by atoms with E-state index in [9.17, 15) is 4.79 Å². The van der Waals surface area contributed by atoms with Crippen LogP contribution in [-0.2, 0) is 14.3 Å². The van der Waals surface area contributed by atoms with Gasteiger partial charge in [0.2, 0.25) is 5.91 Å². The van der Waals surface area contributed by atoms with E-state index in [0.717, 1.165) is 13.0 Å². The number of nitrogens with one attached hydrogen (secondary N) is 3. The van der Waals surface area contributed by atoms with Gasteiger partial charge in [-0.1, -0.05) is 13.8 Å². The second-order valence-corrected chi connectivity index (χ2v) is 5.81. The van der Waals surface area contributed by atoms with Crippen molar-refractivity contribution in [3.05, 3.63) is 0 Å². The molecule has 0 radical (unpaired) electrons. The van der Waals surface area contributed by atoms with Gasteiger partial charge in [0.1, 0.15) is 0 Å². The zero-order valence-electron chi connectivity index (χ0n) is 14.6. The minimum Gasteiger partial charge on any atom is -0.379 e. The smallest absolute Gasteiger partial charge is 0.222 e. The summed E-state index contributed by atoms with van der Waals surface area (Å²) in [5.74, 6) is 0.775. The summed E-state index contributed by atoms with van der Waals surface area (Å²) in [5, 5.41) is 9.28. The van der Waals surface area contributed by atoms with Crippen molar-refractivity contribution < 1.29 is 14.3 Å². The highest BCUT2D eigenvalue weighted by Crippen LogP contribution is 2.08. The molecule has 1 aliphatic rings. The fraction of sp³-hybridized carbons (Fsp3) is 0.867. The zero-order valence-corrected chi connectivity index (χ0v) is 16.9. The van der Waals surface area contributed by atoms with Gasteiger partial charge >= 0.3 is 0 Å². The van der Waals surface area contributed by atoms with E-state index in [1.165, 1.54) is 0 Å². The van der Waals surface area contributed by atoms with Gasteiger partial charge in [-0.2, -0.15) is 0 Å². The third-order valence-corrected chi connectivity index (χ3v) is 3.32. The first-order valence-electron chi connectivity index (χ1n) is 7.97. The van der Waals surface area contributed by atoms with Gasteiger partial charge in [-0.25, -0.2) is 0 Å². The van der Waals surface area contributed by atoms with Crippen LogP contribution < -0.4 is 16.0 Å². The summed E-state index contributed by atoms with van der Waals surface area (Å²) >= 11 is 0. The zero-order chi connectivity index (χ0) is 16.4. The maximum Gasteiger partial charge on any atom is 0.222 e. The van der Waals surface area contributed by atoms with Crippen LogP contribution >= 0.6 is 24.0 Å². The SMILES string of the molecule is CN=C(NCCNC(=O)C(C)C)NC(C)COC1CCOC1.I. The molecule has 0 aliphatic carbocycles. The molecular formula is C15H31IN4O3. The fourth-order valence-corrected chi connectivity index (χ4v) is 1.97. The first kappa shape index (κ1) is 22.4. The van der Waals surface area contributed by atoms with Crippen molar-refractivity contribution in [2.24, 2.45) is 10.9 Å². The van der Waals surface area contributed by atoms with Crippen LogP contribution in [0.3, 0.4) is 0 Å². The maximum atomic E-state index is 11.4. The molecule has 1 rings (SSSR count). The molecule has 1 aliphatic heterocycles. The highest BCUT2D eigenvalue weighted by atomic mass is 127. The van der Waals surface area contributed by atoms with Gasteiger partial charge in [0, 0.05) is 38.7 Å². The summed E-state index contributed by atoms with van der Waals surface area (Å²) in [6, 6.07) is 0.150. The predicted octanol–water partition coefficient (Wildman–Crippen LogP) is 0.736. The number of aliphatic imine (C=N–C) groups is 1. The Labute approximate surface area is 156 Å². The van der Waals surface area contributed by atoms with Crippen LogP contribution in [0.2, 0.25) is 0 Å². The second-order valence-electron chi connectivity index (χ2n) is 5.81. The highest BCUT2D eigenvalue weighted by molar-refractivity contribution is 14.0. The van der Waals surface area contributed by atoms with E-state index < -0.39 is 0 Å². The quantitative estimate of drug-likeness (QED) is 0.224. The summed E-state index contributed by atoms with van der Waals surface area (Å²) in [7, 11) is 1.72. The van der Waals surface area contributed by atoms with Crippen LogP contribution in [0.25, 0.3) is 0 Å². The minimum atomic E-state index is 0. The van der Waals surface area contributed by atoms with E-state index in [1.807, 2.05) is 20.8 Å². The number of halogens is 1. The van der Waals surface area contributed by atoms with Crippen LogP contribution in [0.1, 0.15) is 27.2 Å². The molecule has 23 heavy (non-hydrogen) atoms. The van der Waals surface area contributed by atoms with Crippen LogP contribution in [0.15, 0.2) is 4.99 Å². The predicted molar refractivity (Wildman–Crippen MR) is 102 cm³/mol. The first-order chi connectivity index (χ1) is 10.5. The molecule has 2 unspecified atom stereocenters. The molecule has 8 heteroatoms. The third-order valence-electron chi connectivity index (χ3n) is 3.32. The number of guanidine groups is 1. The van der Waals surface area contributed by atoms with Crippen molar-refractivity contribution in [2.75, 3.05) is 40.0 Å². The molecule has 0 bridgehead atoms. The molecule has 0 aromatic carbocycles. The van der Waals surface area contributed by atoms with Crippen molar-refractivity contribution in [3.8, 4) is 0 Å². The Morgan fingerprint density at radius 3 is 2.57 bits per heavy atom. The van der Waals surface area contributed by atoms with E-state index in [-0.39, 0.29) is 47.9 Å². The highest BCUT2D eigenvalue weighted by Gasteiger charge is 2.17. The van der Waals surface area contributed by atoms with Crippen molar-refractivity contribution >= 4 is 35.8 Å². The largest absolute Gasteiger partial charge is 0.379 e. The van der Waals surface area contributed by atoms with Crippen molar-refractivity contribution in [1.29, 1.82) is 0 Å². The fourth-order valence-electron chi connectivity index (χ4n) is 1.97. The van der Waals surface area contributed by atoms with E-state index in [1.54, 1.807) is 7.05 Å². The molecular weight excluding hydrogens is 411 g/mol. The lowest BCUT2D eigenvalue weighted by Gasteiger charge is -2.19. The minimum absolute atomic E-state index is 0. The Morgan fingerprint density at radius 1 is 1.30 bits per heavy atom. The van der Waals surface area contributed by atoms with Crippen molar-refractivity contribution in [1.82, 2.24) is 16.0 Å². The van der Waals surface area contributed by atoms with Crippen molar-refractivity contribution in [2.45, 2.75) is 39.3 Å². The van der Waals surface area contributed by atoms with Gasteiger partial charge < -0.3 is 25.4 Å². The standard InChI is InChI=1S/C15H30N4O3.HI/c1-11(2)14(20)17-6-7-18-15(16-4)19-12(3)9-22-13-5-8-21-10-13;/h11-13H,5-10H2,1-4H3,(H,17,20)(H2,16,18,19);1H. The number of carbonyl (C=O) groups excluding carboxylic acids is 1. The van der Waals surface area contributed by atoms with Crippen molar-refractivity contribution in [3.63, 3.8) is 0 Å². The lowest BCUT2D eigenvalue weighted by atomic mass is 10.2. The lowest BCUT2D eigenvalue weighted by molar-refractivity contribution is -0.123. The van der Waals surface area contributed by atoms with Gasteiger partial charge in [0.15, 0.2) is 5.96 Å². The van der Waals surface area contributed by atoms with Crippen LogP contribution in [0.5, 0.6) is 0 Å². The molecule has 0 saturated carbocycles. The first-order valence-corrected chi connectivity index (χ1v) is 7.97. The number of carbonyl (C=O) groups is 1. The monoisotopic (exact) mass is 442 g/mol. The number of rotatable bonds is 8. The van der Waals surface area contributed by atoms with E-state index in [2.05, 4.69) is 20.9 Å². The Hall–Kier alpha value is -0.610. The summed E-state index contributed by atoms with van der Waals surface area (Å²) in [4.78, 5) is 15.6. The van der Waals surface area contributed by atoms with Gasteiger partial charge in [-0.15, -0.1) is 24.0 Å². The average molecular weight is 442 g/mol. The molecule has 0 aromatic rings. The average Bonchev–Trinajstić information content (AvgIpc) is 3.01. The summed E-state index contributed by atoms with van der Waals surface area (Å²) in [6.45, 7) is 9.08. The van der Waals surface area contributed by atoms with Gasteiger partial charge in [-0.05, 0) is 13.3 Å². The molecule has 1 fully saturated rings. The van der Waals surface area contributed by atoms with Crippen LogP contribution in [0, 0.1) is 5.92 Å². The number of hydrogen-bond acceptors (Lipinski definition) is 4. The van der Waals surface area contributed by atoms with Gasteiger partial charge in [0.25, 0.3) is 0 Å². The van der Waals surface area contributed by atoms with Gasteiger partial charge in [0.05, 0.1) is 19.3 Å². The Bertz CT molecular complexity index is 361. The molecule has 0 spiro atoms. The second kappa shape index (κ2) is 12.8. The molecule has 3 N–H and O–H groups in total. The van der Waals surface area contributed by atoms with E-state index >= 15 is 0 Å². The number of amides is 1. The van der Waals surface area contributed by atoms with E-state index in [0.29, 0.717) is 32.3 Å². The molecule has 136 valence electrons.